The number of carbonyl (C=O) groups is 1. The van der Waals surface area contributed by atoms with Crippen LogP contribution in [-0.4, -0.2) is 19.3 Å². The third kappa shape index (κ3) is 6.42. The highest BCUT2D eigenvalue weighted by Gasteiger charge is 2.16. The van der Waals surface area contributed by atoms with Crippen molar-refractivity contribution < 1.29 is 17.9 Å². The fourth-order valence-electron chi connectivity index (χ4n) is 3.61. The van der Waals surface area contributed by atoms with Gasteiger partial charge in [0.1, 0.15) is 12.4 Å². The number of sulfonamides is 1. The molecule has 1 amide bonds. The molecule has 1 N–H and O–H groups in total. The minimum atomic E-state index is -3.82. The number of rotatable bonds is 10. The SMILES string of the molecule is O=C(CCCCc1cccc(OCc2ccc3ccccc3n2)c1)NS(=O)(=O)c1ccccc1. The first-order valence-corrected chi connectivity index (χ1v) is 12.6. The topological polar surface area (TPSA) is 85.4 Å². The number of fused-ring (bicyclic) bond motifs is 1. The molecule has 0 unspecified atom stereocenters. The molecule has 0 aliphatic heterocycles. The Labute approximate surface area is 199 Å². The molecule has 0 radical (unpaired) electrons. The number of aromatic nitrogens is 1. The van der Waals surface area contributed by atoms with Crippen LogP contribution in [-0.2, 0) is 27.8 Å². The molecule has 174 valence electrons. The average Bonchev–Trinajstić information content (AvgIpc) is 2.86. The number of hydrogen-bond donors (Lipinski definition) is 1. The van der Waals surface area contributed by atoms with Crippen molar-refractivity contribution in [3.05, 3.63) is 102 Å². The summed E-state index contributed by atoms with van der Waals surface area (Å²) in [6, 6.07) is 27.7. The number of benzene rings is 3. The van der Waals surface area contributed by atoms with Crippen LogP contribution in [0, 0.1) is 0 Å². The van der Waals surface area contributed by atoms with E-state index in [0.717, 1.165) is 40.8 Å². The summed E-state index contributed by atoms with van der Waals surface area (Å²) in [6.45, 7) is 0.379. The Balaban J connectivity index is 1.23. The van der Waals surface area contributed by atoms with Crippen molar-refractivity contribution in [1.29, 1.82) is 0 Å². The summed E-state index contributed by atoms with van der Waals surface area (Å²) in [4.78, 5) is 16.8. The van der Waals surface area contributed by atoms with Crippen molar-refractivity contribution in [2.24, 2.45) is 0 Å². The highest BCUT2D eigenvalue weighted by atomic mass is 32.2. The molecule has 0 aliphatic carbocycles. The Morgan fingerprint density at radius 3 is 2.50 bits per heavy atom. The molecule has 4 rings (SSSR count). The molecule has 0 fully saturated rings. The molecule has 6 nitrogen and oxygen atoms in total. The average molecular weight is 475 g/mol. The molecule has 0 bridgehead atoms. The molecule has 1 aromatic heterocycles. The summed E-state index contributed by atoms with van der Waals surface area (Å²) >= 11 is 0. The molecule has 34 heavy (non-hydrogen) atoms. The minimum absolute atomic E-state index is 0.0825. The zero-order chi connectivity index (χ0) is 23.8. The summed E-state index contributed by atoms with van der Waals surface area (Å²) in [5.74, 6) is 0.267. The molecule has 1 heterocycles. The van der Waals surface area contributed by atoms with E-state index in [1.807, 2.05) is 60.7 Å². The number of pyridine rings is 1. The van der Waals surface area contributed by atoms with Gasteiger partial charge in [0, 0.05) is 11.8 Å². The quantitative estimate of drug-likeness (QED) is 0.326. The number of aryl methyl sites for hydroxylation is 1. The predicted molar refractivity (Wildman–Crippen MR) is 132 cm³/mol. The third-order valence-corrected chi connectivity index (χ3v) is 6.75. The number of unbranched alkanes of at least 4 members (excludes halogenated alkanes) is 1. The summed E-state index contributed by atoms with van der Waals surface area (Å²) in [6.07, 6.45) is 2.26. The molecule has 0 saturated carbocycles. The van der Waals surface area contributed by atoms with Gasteiger partial charge in [0.2, 0.25) is 5.91 Å². The van der Waals surface area contributed by atoms with Crippen LogP contribution in [0.2, 0.25) is 0 Å². The van der Waals surface area contributed by atoms with Crippen molar-refractivity contribution >= 4 is 26.8 Å². The lowest BCUT2D eigenvalue weighted by Crippen LogP contribution is -2.30. The predicted octanol–water partition coefficient (Wildman–Crippen LogP) is 5.03. The molecular weight excluding hydrogens is 448 g/mol. The van der Waals surface area contributed by atoms with Crippen LogP contribution in [0.15, 0.2) is 95.9 Å². The number of para-hydroxylation sites is 1. The lowest BCUT2D eigenvalue weighted by Gasteiger charge is -2.09. The van der Waals surface area contributed by atoms with Crippen LogP contribution in [0.1, 0.15) is 30.5 Å². The normalized spacial score (nSPS) is 11.3. The second-order valence-corrected chi connectivity index (χ2v) is 9.66. The first-order chi connectivity index (χ1) is 16.5. The van der Waals surface area contributed by atoms with Gasteiger partial charge >= 0.3 is 0 Å². The van der Waals surface area contributed by atoms with E-state index in [0.29, 0.717) is 13.0 Å². The van der Waals surface area contributed by atoms with Crippen molar-refractivity contribution in [3.63, 3.8) is 0 Å². The van der Waals surface area contributed by atoms with Crippen molar-refractivity contribution in [1.82, 2.24) is 9.71 Å². The van der Waals surface area contributed by atoms with Crippen molar-refractivity contribution in [3.8, 4) is 5.75 Å². The van der Waals surface area contributed by atoms with Crippen molar-refractivity contribution in [2.75, 3.05) is 0 Å². The van der Waals surface area contributed by atoms with Gasteiger partial charge in [-0.3, -0.25) is 4.79 Å². The van der Waals surface area contributed by atoms with Gasteiger partial charge in [-0.25, -0.2) is 18.1 Å². The lowest BCUT2D eigenvalue weighted by molar-refractivity contribution is -0.119. The largest absolute Gasteiger partial charge is 0.487 e. The smallest absolute Gasteiger partial charge is 0.264 e. The van der Waals surface area contributed by atoms with Crippen molar-refractivity contribution in [2.45, 2.75) is 37.2 Å². The molecule has 0 saturated heterocycles. The maximum Gasteiger partial charge on any atom is 0.264 e. The van der Waals surface area contributed by atoms with Crippen LogP contribution in [0.3, 0.4) is 0 Å². The first kappa shape index (κ1) is 23.4. The second kappa shape index (κ2) is 10.9. The highest BCUT2D eigenvalue weighted by molar-refractivity contribution is 7.90. The first-order valence-electron chi connectivity index (χ1n) is 11.2. The van der Waals surface area contributed by atoms with Gasteiger partial charge in [-0.15, -0.1) is 0 Å². The summed E-state index contributed by atoms with van der Waals surface area (Å²) in [5.41, 5.74) is 2.90. The van der Waals surface area contributed by atoms with E-state index >= 15 is 0 Å². The molecule has 4 aromatic rings. The Kier molecular flexibility index (Phi) is 7.54. The van der Waals surface area contributed by atoms with Crippen LogP contribution in [0.4, 0.5) is 0 Å². The van der Waals surface area contributed by atoms with Gasteiger partial charge in [-0.1, -0.05) is 54.6 Å². The van der Waals surface area contributed by atoms with Crippen LogP contribution in [0.25, 0.3) is 10.9 Å². The monoisotopic (exact) mass is 474 g/mol. The summed E-state index contributed by atoms with van der Waals surface area (Å²) in [5, 5.41) is 1.10. The number of carbonyl (C=O) groups excluding carboxylic acids is 1. The summed E-state index contributed by atoms with van der Waals surface area (Å²) < 4.78 is 32.5. The van der Waals surface area contributed by atoms with Gasteiger partial charge < -0.3 is 4.74 Å². The molecule has 3 aromatic carbocycles. The number of nitrogens with one attached hydrogen (secondary N) is 1. The van der Waals surface area contributed by atoms with E-state index in [4.69, 9.17) is 4.74 Å². The number of amides is 1. The lowest BCUT2D eigenvalue weighted by atomic mass is 10.1. The Morgan fingerprint density at radius 2 is 1.65 bits per heavy atom. The maximum absolute atomic E-state index is 12.2. The van der Waals surface area contributed by atoms with E-state index in [-0.39, 0.29) is 11.3 Å². The standard InChI is InChI=1S/C27H26N2O4S/c30-27(29-34(31,32)25-13-2-1-3-14-25)16-7-4-9-21-10-8-12-24(19-21)33-20-23-18-17-22-11-5-6-15-26(22)28-23/h1-3,5-6,8,10-15,17-19H,4,7,9,16,20H2,(H,29,30). The van der Waals surface area contributed by atoms with Gasteiger partial charge in [-0.2, -0.15) is 0 Å². The fourth-order valence-corrected chi connectivity index (χ4v) is 4.65. The zero-order valence-electron chi connectivity index (χ0n) is 18.7. The van der Waals surface area contributed by atoms with Gasteiger partial charge in [0.25, 0.3) is 10.0 Å². The van der Waals surface area contributed by atoms with E-state index in [1.54, 1.807) is 18.2 Å². The van der Waals surface area contributed by atoms with Crippen LogP contribution >= 0.6 is 0 Å². The fraction of sp³-hybridized carbons (Fsp3) is 0.185. The Morgan fingerprint density at radius 1 is 0.853 bits per heavy atom. The van der Waals surface area contributed by atoms with Gasteiger partial charge in [0.15, 0.2) is 0 Å². The van der Waals surface area contributed by atoms with E-state index in [2.05, 4.69) is 9.71 Å². The maximum atomic E-state index is 12.2. The highest BCUT2D eigenvalue weighted by Crippen LogP contribution is 2.18. The van der Waals surface area contributed by atoms with Gasteiger partial charge in [0.05, 0.1) is 16.1 Å². The Bertz CT molecular complexity index is 1370. The van der Waals surface area contributed by atoms with E-state index < -0.39 is 15.9 Å². The van der Waals surface area contributed by atoms with E-state index in [9.17, 15) is 13.2 Å². The van der Waals surface area contributed by atoms with E-state index in [1.165, 1.54) is 12.1 Å². The molecule has 0 aliphatic rings. The van der Waals surface area contributed by atoms with Crippen LogP contribution in [0.5, 0.6) is 5.75 Å². The molecule has 0 atom stereocenters. The summed E-state index contributed by atoms with van der Waals surface area (Å²) in [7, 11) is -3.82. The molecule has 0 spiro atoms. The number of hydrogen-bond acceptors (Lipinski definition) is 5. The Hall–Kier alpha value is -3.71. The number of ether oxygens (including phenoxy) is 1. The second-order valence-electron chi connectivity index (χ2n) is 7.98. The molecule has 7 heteroatoms. The van der Waals surface area contributed by atoms with Crippen LogP contribution < -0.4 is 9.46 Å². The van der Waals surface area contributed by atoms with Gasteiger partial charge in [-0.05, 0) is 61.2 Å². The third-order valence-electron chi connectivity index (χ3n) is 5.36. The molecular formula is C27H26N2O4S. The zero-order valence-corrected chi connectivity index (χ0v) is 19.5. The number of nitrogens with zero attached hydrogens (tertiary/aromatic N) is 1. The minimum Gasteiger partial charge on any atom is -0.487 e.